The maximum atomic E-state index is 13.2. The van der Waals surface area contributed by atoms with Crippen molar-refractivity contribution in [1.82, 2.24) is 9.97 Å². The average Bonchev–Trinajstić information content (AvgIpc) is 2.35. The van der Waals surface area contributed by atoms with Gasteiger partial charge in [-0.2, -0.15) is 0 Å². The van der Waals surface area contributed by atoms with Crippen molar-refractivity contribution in [3.05, 3.63) is 46.6 Å². The van der Waals surface area contributed by atoms with Crippen molar-refractivity contribution in [2.45, 2.75) is 5.88 Å². The number of halogens is 3. The Morgan fingerprint density at radius 2 is 2.12 bits per heavy atom. The highest BCUT2D eigenvalue weighted by Crippen LogP contribution is 2.24. The van der Waals surface area contributed by atoms with Crippen LogP contribution in [-0.2, 0) is 5.88 Å². The van der Waals surface area contributed by atoms with E-state index >= 15 is 0 Å². The highest BCUT2D eigenvalue weighted by atomic mass is 79.9. The third kappa shape index (κ3) is 3.14. The summed E-state index contributed by atoms with van der Waals surface area (Å²) < 4.78 is 18.9. The summed E-state index contributed by atoms with van der Waals surface area (Å²) in [4.78, 5) is 8.00. The Balaban J connectivity index is 2.16. The Bertz CT molecular complexity index is 521. The van der Waals surface area contributed by atoms with E-state index in [1.54, 1.807) is 12.1 Å². The van der Waals surface area contributed by atoms with Crippen molar-refractivity contribution >= 4 is 27.5 Å². The number of aromatic nitrogens is 2. The maximum Gasteiger partial charge on any atom is 0.237 e. The van der Waals surface area contributed by atoms with E-state index in [0.29, 0.717) is 27.7 Å². The van der Waals surface area contributed by atoms with Crippen LogP contribution in [-0.4, -0.2) is 9.97 Å². The first-order chi connectivity index (χ1) is 8.19. The van der Waals surface area contributed by atoms with E-state index < -0.39 is 5.82 Å². The smallest absolute Gasteiger partial charge is 0.237 e. The van der Waals surface area contributed by atoms with Crippen LogP contribution in [0.4, 0.5) is 4.39 Å². The summed E-state index contributed by atoms with van der Waals surface area (Å²) in [5.74, 6) is 0.548. The molecule has 2 rings (SSSR count). The summed E-state index contributed by atoms with van der Waals surface area (Å²) in [5, 5.41) is 0. The Labute approximate surface area is 111 Å². The summed E-state index contributed by atoms with van der Waals surface area (Å²) >= 11 is 8.64. The Morgan fingerprint density at radius 1 is 1.29 bits per heavy atom. The van der Waals surface area contributed by atoms with Gasteiger partial charge in [-0.05, 0) is 28.1 Å². The van der Waals surface area contributed by atoms with Crippen LogP contribution in [0.1, 0.15) is 5.69 Å². The topological polar surface area (TPSA) is 35.0 Å². The highest BCUT2D eigenvalue weighted by Gasteiger charge is 2.04. The van der Waals surface area contributed by atoms with Crippen LogP contribution in [0.5, 0.6) is 11.6 Å². The first-order valence-corrected chi connectivity index (χ1v) is 6.01. The molecule has 17 heavy (non-hydrogen) atoms. The average molecular weight is 318 g/mol. The predicted molar refractivity (Wildman–Crippen MR) is 65.8 cm³/mol. The van der Waals surface area contributed by atoms with Crippen LogP contribution >= 0.6 is 27.5 Å². The summed E-state index contributed by atoms with van der Waals surface area (Å²) in [7, 11) is 0. The Kier molecular flexibility index (Phi) is 3.91. The Hall–Kier alpha value is -1.20. The fraction of sp³-hybridized carbons (Fsp3) is 0.0909. The van der Waals surface area contributed by atoms with Gasteiger partial charge in [0.25, 0.3) is 0 Å². The second-order valence-electron chi connectivity index (χ2n) is 3.16. The van der Waals surface area contributed by atoms with Crippen molar-refractivity contribution in [1.29, 1.82) is 0 Å². The molecule has 0 amide bonds. The number of ether oxygens (including phenoxy) is 1. The first-order valence-electron chi connectivity index (χ1n) is 4.69. The SMILES string of the molecule is Fc1cc(Oc2cnc(CCl)cn2)ccc1Br. The zero-order valence-electron chi connectivity index (χ0n) is 8.53. The molecule has 88 valence electrons. The molecule has 0 radical (unpaired) electrons. The molecular formula is C11H7BrClFN2O. The van der Waals surface area contributed by atoms with Gasteiger partial charge in [0.05, 0.1) is 28.4 Å². The fourth-order valence-corrected chi connectivity index (χ4v) is 1.51. The summed E-state index contributed by atoms with van der Waals surface area (Å²) in [5.41, 5.74) is 0.654. The maximum absolute atomic E-state index is 13.2. The van der Waals surface area contributed by atoms with Crippen molar-refractivity contribution < 1.29 is 9.13 Å². The zero-order valence-corrected chi connectivity index (χ0v) is 10.9. The van der Waals surface area contributed by atoms with Crippen molar-refractivity contribution in [3.63, 3.8) is 0 Å². The molecule has 1 aromatic heterocycles. The molecule has 0 aliphatic heterocycles. The van der Waals surface area contributed by atoms with Crippen LogP contribution in [0.15, 0.2) is 35.1 Å². The summed E-state index contributed by atoms with van der Waals surface area (Å²) in [6, 6.07) is 4.46. The Morgan fingerprint density at radius 3 is 2.71 bits per heavy atom. The molecule has 1 aromatic carbocycles. The van der Waals surface area contributed by atoms with E-state index in [4.69, 9.17) is 16.3 Å². The van der Waals surface area contributed by atoms with Gasteiger partial charge in [-0.3, -0.25) is 4.98 Å². The third-order valence-electron chi connectivity index (χ3n) is 1.93. The van der Waals surface area contributed by atoms with E-state index in [-0.39, 0.29) is 0 Å². The fourth-order valence-electron chi connectivity index (χ4n) is 1.13. The quantitative estimate of drug-likeness (QED) is 0.805. The molecule has 0 aliphatic carbocycles. The number of hydrogen-bond acceptors (Lipinski definition) is 3. The molecular weight excluding hydrogens is 310 g/mol. The lowest BCUT2D eigenvalue weighted by Crippen LogP contribution is -1.92. The summed E-state index contributed by atoms with van der Waals surface area (Å²) in [6.07, 6.45) is 2.95. The third-order valence-corrected chi connectivity index (χ3v) is 2.85. The zero-order chi connectivity index (χ0) is 12.3. The van der Waals surface area contributed by atoms with Gasteiger partial charge in [-0.15, -0.1) is 11.6 Å². The van der Waals surface area contributed by atoms with Gasteiger partial charge in [0.2, 0.25) is 5.88 Å². The van der Waals surface area contributed by atoms with Crippen molar-refractivity contribution in [2.75, 3.05) is 0 Å². The molecule has 0 N–H and O–H groups in total. The highest BCUT2D eigenvalue weighted by molar-refractivity contribution is 9.10. The van der Waals surface area contributed by atoms with E-state index in [2.05, 4.69) is 25.9 Å². The lowest BCUT2D eigenvalue weighted by molar-refractivity contribution is 0.454. The van der Waals surface area contributed by atoms with Gasteiger partial charge in [0.1, 0.15) is 11.6 Å². The van der Waals surface area contributed by atoms with Crippen molar-refractivity contribution in [2.24, 2.45) is 0 Å². The van der Waals surface area contributed by atoms with Gasteiger partial charge in [-0.1, -0.05) is 0 Å². The molecule has 2 aromatic rings. The second kappa shape index (κ2) is 5.42. The predicted octanol–water partition coefficient (Wildman–Crippen LogP) is 3.91. The lowest BCUT2D eigenvalue weighted by Gasteiger charge is -2.05. The molecule has 0 saturated heterocycles. The molecule has 0 aliphatic rings. The molecule has 0 bridgehead atoms. The van der Waals surface area contributed by atoms with E-state index in [9.17, 15) is 4.39 Å². The first kappa shape index (κ1) is 12.3. The van der Waals surface area contributed by atoms with Gasteiger partial charge in [0.15, 0.2) is 0 Å². The molecule has 3 nitrogen and oxygen atoms in total. The van der Waals surface area contributed by atoms with Crippen molar-refractivity contribution in [3.8, 4) is 11.6 Å². The van der Waals surface area contributed by atoms with Crippen LogP contribution < -0.4 is 4.74 Å². The normalized spacial score (nSPS) is 10.3. The minimum atomic E-state index is -0.396. The summed E-state index contributed by atoms with van der Waals surface area (Å²) in [6.45, 7) is 0. The van der Waals surface area contributed by atoms with Crippen LogP contribution in [0.25, 0.3) is 0 Å². The van der Waals surface area contributed by atoms with Crippen LogP contribution in [0.2, 0.25) is 0 Å². The molecule has 1 heterocycles. The number of hydrogen-bond donors (Lipinski definition) is 0. The minimum absolute atomic E-state index is 0.292. The standard InChI is InChI=1S/C11H7BrClFN2O/c12-9-2-1-8(3-10(9)14)17-11-6-15-7(4-13)5-16-11/h1-3,5-6H,4H2. The van der Waals surface area contributed by atoms with Gasteiger partial charge >= 0.3 is 0 Å². The molecule has 0 unspecified atom stereocenters. The van der Waals surface area contributed by atoms with Crippen LogP contribution in [0.3, 0.4) is 0 Å². The van der Waals surface area contributed by atoms with Gasteiger partial charge < -0.3 is 4.74 Å². The molecule has 0 fully saturated rings. The molecule has 0 atom stereocenters. The van der Waals surface area contributed by atoms with Gasteiger partial charge in [-0.25, -0.2) is 9.37 Å². The largest absolute Gasteiger partial charge is 0.437 e. The number of rotatable bonds is 3. The lowest BCUT2D eigenvalue weighted by atomic mass is 10.3. The van der Waals surface area contributed by atoms with Gasteiger partial charge in [0, 0.05) is 6.07 Å². The number of nitrogens with zero attached hydrogens (tertiary/aromatic N) is 2. The second-order valence-corrected chi connectivity index (χ2v) is 4.28. The minimum Gasteiger partial charge on any atom is -0.437 e. The molecule has 0 spiro atoms. The monoisotopic (exact) mass is 316 g/mol. The van der Waals surface area contributed by atoms with E-state index in [1.807, 2.05) is 0 Å². The number of benzene rings is 1. The van der Waals surface area contributed by atoms with E-state index in [0.717, 1.165) is 0 Å². The van der Waals surface area contributed by atoms with E-state index in [1.165, 1.54) is 18.5 Å². The molecule has 6 heteroatoms. The molecule has 0 saturated carbocycles. The van der Waals surface area contributed by atoms with Crippen LogP contribution in [0, 0.1) is 5.82 Å². The number of alkyl halides is 1.